The first-order valence-corrected chi connectivity index (χ1v) is 2.49. The van der Waals surface area contributed by atoms with E-state index in [1.165, 1.54) is 7.11 Å². The van der Waals surface area contributed by atoms with Gasteiger partial charge in [-0.05, 0) is 6.92 Å². The molecule has 0 aromatic heterocycles. The Bertz CT molecular complexity index is 85.0. The molecule has 0 fully saturated rings. The average molecular weight is 154 g/mol. The minimum atomic E-state index is -0.250. The smallest absolute Gasteiger partial charge is 0.307 e. The van der Waals surface area contributed by atoms with E-state index in [4.69, 9.17) is 5.73 Å². The van der Waals surface area contributed by atoms with Crippen LogP contribution in [0.4, 0.5) is 0 Å². The highest BCUT2D eigenvalue weighted by Gasteiger charge is 2.01. The lowest BCUT2D eigenvalue weighted by molar-refractivity contribution is -0.140. The van der Waals surface area contributed by atoms with Gasteiger partial charge in [0.15, 0.2) is 0 Å². The Morgan fingerprint density at radius 2 is 2.22 bits per heavy atom. The third-order valence-electron chi connectivity index (χ3n) is 0.716. The van der Waals surface area contributed by atoms with Gasteiger partial charge in [-0.15, -0.1) is 12.4 Å². The fraction of sp³-hybridized carbons (Fsp3) is 0.800. The summed E-state index contributed by atoms with van der Waals surface area (Å²) >= 11 is 0. The maximum Gasteiger partial charge on any atom is 0.307 e. The van der Waals surface area contributed by atoms with Gasteiger partial charge in [-0.1, -0.05) is 0 Å². The van der Waals surface area contributed by atoms with E-state index in [1.807, 2.05) is 0 Å². The van der Waals surface area contributed by atoms with Crippen molar-refractivity contribution in [1.82, 2.24) is 0 Å². The number of carbonyl (C=O) groups is 1. The van der Waals surface area contributed by atoms with Crippen molar-refractivity contribution in [3.05, 3.63) is 0 Å². The maximum atomic E-state index is 10.3. The summed E-state index contributed by atoms with van der Waals surface area (Å²) in [5.74, 6) is -0.250. The van der Waals surface area contributed by atoms with Crippen LogP contribution in [-0.2, 0) is 9.53 Å². The molecule has 0 aliphatic carbocycles. The van der Waals surface area contributed by atoms with Crippen LogP contribution in [0.25, 0.3) is 0 Å². The Labute approximate surface area is 61.0 Å². The Kier molecular flexibility index (Phi) is 7.48. The quantitative estimate of drug-likeness (QED) is 0.582. The fourth-order valence-corrected chi connectivity index (χ4v) is 0.346. The first-order valence-electron chi connectivity index (χ1n) is 2.49. The molecule has 0 rings (SSSR count). The van der Waals surface area contributed by atoms with Gasteiger partial charge in [0, 0.05) is 6.04 Å². The second kappa shape index (κ2) is 5.85. The molecule has 3 nitrogen and oxygen atoms in total. The monoisotopic (exact) mass is 153 g/mol. The number of esters is 1. The van der Waals surface area contributed by atoms with Crippen molar-refractivity contribution >= 4 is 18.4 Å². The average Bonchev–Trinajstić information content (AvgIpc) is 1.65. The van der Waals surface area contributed by atoms with Crippen LogP contribution in [0.3, 0.4) is 0 Å². The summed E-state index contributed by atoms with van der Waals surface area (Å²) in [7, 11) is 1.35. The third kappa shape index (κ3) is 7.72. The molecule has 0 saturated carbocycles. The third-order valence-corrected chi connectivity index (χ3v) is 0.716. The van der Waals surface area contributed by atoms with Crippen molar-refractivity contribution in [1.29, 1.82) is 0 Å². The highest BCUT2D eigenvalue weighted by molar-refractivity contribution is 5.85. The number of ether oxygens (including phenoxy) is 1. The summed E-state index contributed by atoms with van der Waals surface area (Å²) in [5, 5.41) is 0. The highest BCUT2D eigenvalue weighted by Crippen LogP contribution is 1.86. The molecule has 0 bridgehead atoms. The SMILES string of the molecule is COC(=O)C[C@@H](C)N.Cl. The van der Waals surface area contributed by atoms with E-state index in [9.17, 15) is 4.79 Å². The van der Waals surface area contributed by atoms with Gasteiger partial charge in [0.05, 0.1) is 13.5 Å². The van der Waals surface area contributed by atoms with Gasteiger partial charge >= 0.3 is 5.97 Å². The van der Waals surface area contributed by atoms with Crippen molar-refractivity contribution in [2.24, 2.45) is 5.73 Å². The molecule has 0 spiro atoms. The van der Waals surface area contributed by atoms with Crippen molar-refractivity contribution in [2.75, 3.05) is 7.11 Å². The molecule has 56 valence electrons. The van der Waals surface area contributed by atoms with E-state index in [-0.39, 0.29) is 24.4 Å². The molecule has 1 atom stereocenters. The molecule has 0 amide bonds. The van der Waals surface area contributed by atoms with Crippen LogP contribution in [0, 0.1) is 0 Å². The van der Waals surface area contributed by atoms with Crippen molar-refractivity contribution < 1.29 is 9.53 Å². The van der Waals surface area contributed by atoms with Gasteiger partial charge in [0.2, 0.25) is 0 Å². The first-order chi connectivity index (χ1) is 3.66. The second-order valence-corrected chi connectivity index (χ2v) is 1.76. The van der Waals surface area contributed by atoms with E-state index in [1.54, 1.807) is 6.92 Å². The van der Waals surface area contributed by atoms with Gasteiger partial charge < -0.3 is 10.5 Å². The summed E-state index contributed by atoms with van der Waals surface area (Å²) in [6.45, 7) is 1.76. The second-order valence-electron chi connectivity index (χ2n) is 1.76. The van der Waals surface area contributed by atoms with Crippen LogP contribution >= 0.6 is 12.4 Å². The minimum Gasteiger partial charge on any atom is -0.469 e. The van der Waals surface area contributed by atoms with Gasteiger partial charge in [-0.3, -0.25) is 4.79 Å². The van der Waals surface area contributed by atoms with E-state index in [2.05, 4.69) is 4.74 Å². The standard InChI is InChI=1S/C5H11NO2.ClH/c1-4(6)3-5(7)8-2;/h4H,3,6H2,1-2H3;1H/t4-;/m1./s1. The largest absolute Gasteiger partial charge is 0.469 e. The van der Waals surface area contributed by atoms with E-state index < -0.39 is 0 Å². The van der Waals surface area contributed by atoms with E-state index in [0.29, 0.717) is 6.42 Å². The van der Waals surface area contributed by atoms with Crippen LogP contribution in [0.2, 0.25) is 0 Å². The molecule has 0 aliphatic heterocycles. The van der Waals surface area contributed by atoms with E-state index in [0.717, 1.165) is 0 Å². The summed E-state index contributed by atoms with van der Waals surface area (Å²) in [6.07, 6.45) is 0.302. The first kappa shape index (κ1) is 11.5. The number of halogens is 1. The van der Waals surface area contributed by atoms with Gasteiger partial charge in [-0.25, -0.2) is 0 Å². The zero-order chi connectivity index (χ0) is 6.57. The molecule has 0 radical (unpaired) electrons. The van der Waals surface area contributed by atoms with Crippen molar-refractivity contribution in [3.8, 4) is 0 Å². The molecule has 0 saturated heterocycles. The molecule has 0 aromatic carbocycles. The number of rotatable bonds is 2. The summed E-state index contributed by atoms with van der Waals surface area (Å²) in [4.78, 5) is 10.3. The highest BCUT2D eigenvalue weighted by atomic mass is 35.5. The molecule has 9 heavy (non-hydrogen) atoms. The zero-order valence-corrected chi connectivity index (χ0v) is 6.40. The maximum absolute atomic E-state index is 10.3. The molecule has 2 N–H and O–H groups in total. The van der Waals surface area contributed by atoms with Crippen LogP contribution < -0.4 is 5.73 Å². The topological polar surface area (TPSA) is 52.3 Å². The van der Waals surface area contributed by atoms with Crippen LogP contribution in [0.15, 0.2) is 0 Å². The lowest BCUT2D eigenvalue weighted by atomic mass is 10.3. The summed E-state index contributed by atoms with van der Waals surface area (Å²) in [5.41, 5.74) is 5.27. The molecule has 0 unspecified atom stereocenters. The lowest BCUT2D eigenvalue weighted by Gasteiger charge is -2.00. The predicted molar refractivity (Wildman–Crippen MR) is 37.5 cm³/mol. The number of methoxy groups -OCH3 is 1. The van der Waals surface area contributed by atoms with Gasteiger partial charge in [0.25, 0.3) is 0 Å². The van der Waals surface area contributed by atoms with Gasteiger partial charge in [0.1, 0.15) is 0 Å². The molecule has 0 aromatic rings. The molecule has 4 heteroatoms. The Balaban J connectivity index is 0. The number of carbonyl (C=O) groups excluding carboxylic acids is 1. The number of hydrogen-bond acceptors (Lipinski definition) is 3. The predicted octanol–water partition coefficient (Wildman–Crippen LogP) is 0.318. The van der Waals surface area contributed by atoms with Crippen LogP contribution in [0.1, 0.15) is 13.3 Å². The van der Waals surface area contributed by atoms with Crippen LogP contribution in [-0.4, -0.2) is 19.1 Å². The van der Waals surface area contributed by atoms with Crippen molar-refractivity contribution in [2.45, 2.75) is 19.4 Å². The minimum absolute atomic E-state index is 0. The Hall–Kier alpha value is -0.280. The fourth-order valence-electron chi connectivity index (χ4n) is 0.346. The normalized spacial score (nSPS) is 11.4. The number of nitrogens with two attached hydrogens (primary N) is 1. The van der Waals surface area contributed by atoms with Gasteiger partial charge in [-0.2, -0.15) is 0 Å². The molecular weight excluding hydrogens is 142 g/mol. The number of hydrogen-bond donors (Lipinski definition) is 1. The Morgan fingerprint density at radius 3 is 2.33 bits per heavy atom. The lowest BCUT2D eigenvalue weighted by Crippen LogP contribution is -2.20. The zero-order valence-electron chi connectivity index (χ0n) is 5.59. The summed E-state index contributed by atoms with van der Waals surface area (Å²) in [6, 6.07) is -0.0950. The summed E-state index contributed by atoms with van der Waals surface area (Å²) < 4.78 is 4.34. The van der Waals surface area contributed by atoms with Crippen molar-refractivity contribution in [3.63, 3.8) is 0 Å². The van der Waals surface area contributed by atoms with E-state index >= 15 is 0 Å². The van der Waals surface area contributed by atoms with Crippen LogP contribution in [0.5, 0.6) is 0 Å². The molecule has 0 aliphatic rings. The Morgan fingerprint density at radius 1 is 1.78 bits per heavy atom. The molecular formula is C5H12ClNO2. The molecule has 0 heterocycles.